The Morgan fingerprint density at radius 3 is 2.35 bits per heavy atom. The van der Waals surface area contributed by atoms with Crippen molar-refractivity contribution in [3.8, 4) is 11.4 Å². The Bertz CT molecular complexity index is 660. The van der Waals surface area contributed by atoms with E-state index in [-0.39, 0.29) is 17.2 Å². The summed E-state index contributed by atoms with van der Waals surface area (Å²) in [4.78, 5) is 12.1. The number of hydrogen-bond acceptors (Lipinski definition) is 5. The summed E-state index contributed by atoms with van der Waals surface area (Å²) in [5.41, 5.74) is -1.34. The molecule has 0 saturated carbocycles. The van der Waals surface area contributed by atoms with Gasteiger partial charge in [-0.2, -0.15) is 18.3 Å². The Hall–Kier alpha value is -2.45. The standard InChI is InChI=1S/C11H10F3N5O/c1-19(2)10-6(11(12,13)14)5-8(16-18-10)7-3-4-9(20)17-15-7/h3-5H,1-2H3,(H,17,20). The molecule has 0 fully saturated rings. The summed E-state index contributed by atoms with van der Waals surface area (Å²) in [5.74, 6) is -0.286. The maximum absolute atomic E-state index is 13.0. The molecule has 0 atom stereocenters. The van der Waals surface area contributed by atoms with Crippen molar-refractivity contribution < 1.29 is 13.2 Å². The highest BCUT2D eigenvalue weighted by Gasteiger charge is 2.36. The van der Waals surface area contributed by atoms with Gasteiger partial charge in [-0.1, -0.05) is 0 Å². The van der Waals surface area contributed by atoms with Crippen molar-refractivity contribution in [1.82, 2.24) is 20.4 Å². The van der Waals surface area contributed by atoms with Crippen molar-refractivity contribution in [2.45, 2.75) is 6.18 Å². The van der Waals surface area contributed by atoms with Crippen LogP contribution in [-0.2, 0) is 6.18 Å². The molecule has 1 N–H and O–H groups in total. The maximum atomic E-state index is 13.0. The third kappa shape index (κ3) is 2.76. The van der Waals surface area contributed by atoms with E-state index in [0.29, 0.717) is 0 Å². The maximum Gasteiger partial charge on any atom is 0.420 e. The van der Waals surface area contributed by atoms with Gasteiger partial charge in [0, 0.05) is 20.2 Å². The van der Waals surface area contributed by atoms with Crippen LogP contribution in [-0.4, -0.2) is 34.5 Å². The molecule has 0 spiro atoms. The van der Waals surface area contributed by atoms with E-state index < -0.39 is 17.3 Å². The molecule has 2 heterocycles. The molecule has 0 aromatic carbocycles. The first-order valence-corrected chi connectivity index (χ1v) is 5.47. The fraction of sp³-hybridized carbons (Fsp3) is 0.273. The minimum atomic E-state index is -4.56. The van der Waals surface area contributed by atoms with Gasteiger partial charge in [0.2, 0.25) is 0 Å². The molecule has 2 aromatic heterocycles. The van der Waals surface area contributed by atoms with Crippen LogP contribution in [0.15, 0.2) is 23.0 Å². The number of rotatable bonds is 2. The first-order chi connectivity index (χ1) is 9.29. The molecule has 0 radical (unpaired) electrons. The second kappa shape index (κ2) is 4.91. The normalized spacial score (nSPS) is 11.4. The average molecular weight is 285 g/mol. The molecule has 0 aliphatic heterocycles. The van der Waals surface area contributed by atoms with Crippen molar-refractivity contribution in [3.05, 3.63) is 34.1 Å². The van der Waals surface area contributed by atoms with Gasteiger partial charge in [-0.15, -0.1) is 10.2 Å². The van der Waals surface area contributed by atoms with Gasteiger partial charge < -0.3 is 4.90 Å². The lowest BCUT2D eigenvalue weighted by Gasteiger charge is -2.17. The number of anilines is 1. The molecule has 2 rings (SSSR count). The Morgan fingerprint density at radius 1 is 1.15 bits per heavy atom. The second-order valence-electron chi connectivity index (χ2n) is 4.17. The zero-order chi connectivity index (χ0) is 14.9. The predicted molar refractivity (Wildman–Crippen MR) is 65.2 cm³/mol. The van der Waals surface area contributed by atoms with Crippen molar-refractivity contribution in [1.29, 1.82) is 0 Å². The number of nitrogens with zero attached hydrogens (tertiary/aromatic N) is 4. The number of hydrogen-bond donors (Lipinski definition) is 1. The summed E-state index contributed by atoms with van der Waals surface area (Å²) in [5, 5.41) is 13.0. The topological polar surface area (TPSA) is 74.8 Å². The molecule has 20 heavy (non-hydrogen) atoms. The molecule has 2 aromatic rings. The van der Waals surface area contributed by atoms with E-state index in [1.165, 1.54) is 25.1 Å². The zero-order valence-corrected chi connectivity index (χ0v) is 10.6. The van der Waals surface area contributed by atoms with Gasteiger partial charge in [-0.25, -0.2) is 5.10 Å². The summed E-state index contributed by atoms with van der Waals surface area (Å²) < 4.78 is 39.0. The molecule has 0 amide bonds. The first kappa shape index (κ1) is 14.0. The molecule has 0 aliphatic rings. The zero-order valence-electron chi connectivity index (χ0n) is 10.6. The van der Waals surface area contributed by atoms with E-state index in [2.05, 4.69) is 20.4 Å². The number of alkyl halides is 3. The van der Waals surface area contributed by atoms with Crippen LogP contribution in [0.3, 0.4) is 0 Å². The highest BCUT2D eigenvalue weighted by Crippen LogP contribution is 2.35. The summed E-state index contributed by atoms with van der Waals surface area (Å²) in [6.45, 7) is 0. The van der Waals surface area contributed by atoms with Gasteiger partial charge in [0.25, 0.3) is 5.56 Å². The molecule has 0 unspecified atom stereocenters. The number of H-pyrrole nitrogens is 1. The van der Waals surface area contributed by atoms with E-state index >= 15 is 0 Å². The molecular formula is C11H10F3N5O. The van der Waals surface area contributed by atoms with Crippen molar-refractivity contribution in [3.63, 3.8) is 0 Å². The first-order valence-electron chi connectivity index (χ1n) is 5.47. The third-order valence-corrected chi connectivity index (χ3v) is 2.44. The largest absolute Gasteiger partial charge is 0.420 e. The van der Waals surface area contributed by atoms with E-state index in [1.807, 2.05) is 0 Å². The van der Waals surface area contributed by atoms with Crippen LogP contribution in [0.5, 0.6) is 0 Å². The van der Waals surface area contributed by atoms with Crippen LogP contribution in [0.2, 0.25) is 0 Å². The van der Waals surface area contributed by atoms with Crippen LogP contribution in [0.1, 0.15) is 5.56 Å². The van der Waals surface area contributed by atoms with Crippen LogP contribution in [0, 0.1) is 0 Å². The van der Waals surface area contributed by atoms with Crippen LogP contribution in [0.25, 0.3) is 11.4 Å². The fourth-order valence-electron chi connectivity index (χ4n) is 1.54. The lowest BCUT2D eigenvalue weighted by molar-refractivity contribution is -0.137. The molecule has 0 aliphatic carbocycles. The molecule has 9 heteroatoms. The van der Waals surface area contributed by atoms with Crippen LogP contribution >= 0.6 is 0 Å². The quantitative estimate of drug-likeness (QED) is 0.900. The van der Waals surface area contributed by atoms with Crippen molar-refractivity contribution in [2.75, 3.05) is 19.0 Å². The highest BCUT2D eigenvalue weighted by atomic mass is 19.4. The molecule has 0 saturated heterocycles. The molecule has 6 nitrogen and oxygen atoms in total. The number of nitrogens with one attached hydrogen (secondary N) is 1. The minimum absolute atomic E-state index is 0.0702. The van der Waals surface area contributed by atoms with Gasteiger partial charge >= 0.3 is 6.18 Å². The van der Waals surface area contributed by atoms with Gasteiger partial charge in [-0.3, -0.25) is 4.79 Å². The second-order valence-corrected chi connectivity index (χ2v) is 4.17. The molecular weight excluding hydrogens is 275 g/mol. The SMILES string of the molecule is CN(C)c1nnc(-c2ccc(=O)[nH]n2)cc1C(F)(F)F. The van der Waals surface area contributed by atoms with Crippen LogP contribution < -0.4 is 10.5 Å². The average Bonchev–Trinajstić information content (AvgIpc) is 2.38. The highest BCUT2D eigenvalue weighted by molar-refractivity contribution is 5.58. The van der Waals surface area contributed by atoms with E-state index in [9.17, 15) is 18.0 Å². The van der Waals surface area contributed by atoms with E-state index in [4.69, 9.17) is 0 Å². The smallest absolute Gasteiger partial charge is 0.361 e. The van der Waals surface area contributed by atoms with Crippen molar-refractivity contribution in [2.24, 2.45) is 0 Å². The lowest BCUT2D eigenvalue weighted by atomic mass is 10.2. The Kier molecular flexibility index (Phi) is 3.43. The number of aromatic amines is 1. The van der Waals surface area contributed by atoms with Crippen LogP contribution in [0.4, 0.5) is 19.0 Å². The van der Waals surface area contributed by atoms with Gasteiger partial charge in [0.15, 0.2) is 5.82 Å². The predicted octanol–water partition coefficient (Wildman–Crippen LogP) is 1.31. The lowest BCUT2D eigenvalue weighted by Crippen LogP contribution is -2.19. The third-order valence-electron chi connectivity index (χ3n) is 2.44. The minimum Gasteiger partial charge on any atom is -0.361 e. The van der Waals surface area contributed by atoms with E-state index in [0.717, 1.165) is 12.1 Å². The van der Waals surface area contributed by atoms with Gasteiger partial charge in [-0.05, 0) is 12.1 Å². The molecule has 0 bridgehead atoms. The van der Waals surface area contributed by atoms with E-state index in [1.54, 1.807) is 0 Å². The summed E-state index contributed by atoms with van der Waals surface area (Å²) in [6.07, 6.45) is -4.56. The van der Waals surface area contributed by atoms with Gasteiger partial charge in [0.1, 0.15) is 17.0 Å². The fourth-order valence-corrected chi connectivity index (χ4v) is 1.54. The number of halogens is 3. The van der Waals surface area contributed by atoms with Gasteiger partial charge in [0.05, 0.1) is 0 Å². The Balaban J connectivity index is 2.58. The Morgan fingerprint density at radius 2 is 1.85 bits per heavy atom. The molecule has 106 valence electrons. The summed E-state index contributed by atoms with van der Waals surface area (Å²) in [7, 11) is 2.88. The van der Waals surface area contributed by atoms with Crippen molar-refractivity contribution >= 4 is 5.82 Å². The summed E-state index contributed by atoms with van der Waals surface area (Å²) in [6, 6.07) is 3.28. The monoisotopic (exact) mass is 285 g/mol. The summed E-state index contributed by atoms with van der Waals surface area (Å²) >= 11 is 0. The Labute approximate surface area is 111 Å². The number of aromatic nitrogens is 4.